The third kappa shape index (κ3) is 4.14. The molecule has 0 saturated heterocycles. The van der Waals surface area contributed by atoms with Gasteiger partial charge in [-0.3, -0.25) is 4.79 Å². The standard InChI is InChI=1S/C19H22ClNO5/c1-11(14-10-13(23-2)6-7-16(14)24-3)21-19(22)12-8-15(20)18(26-5)17(9-12)25-4/h6-11H,1-5H3,(H,21,22)/t11-/m0/s1. The molecule has 0 saturated carbocycles. The summed E-state index contributed by atoms with van der Waals surface area (Å²) in [4.78, 5) is 12.7. The van der Waals surface area contributed by atoms with Crippen molar-refractivity contribution in [1.29, 1.82) is 0 Å². The Labute approximate surface area is 158 Å². The number of nitrogens with one attached hydrogen (secondary N) is 1. The molecule has 0 bridgehead atoms. The number of benzene rings is 2. The molecule has 0 aromatic heterocycles. The molecule has 6 nitrogen and oxygen atoms in total. The third-order valence-corrected chi connectivity index (χ3v) is 4.23. The van der Waals surface area contributed by atoms with E-state index < -0.39 is 0 Å². The molecule has 2 aromatic carbocycles. The Kier molecular flexibility index (Phi) is 6.58. The van der Waals surface area contributed by atoms with Crippen molar-refractivity contribution in [1.82, 2.24) is 5.32 Å². The van der Waals surface area contributed by atoms with Gasteiger partial charge in [0.15, 0.2) is 11.5 Å². The molecule has 0 aliphatic rings. The van der Waals surface area contributed by atoms with Crippen LogP contribution in [0.5, 0.6) is 23.0 Å². The molecule has 0 unspecified atom stereocenters. The van der Waals surface area contributed by atoms with Gasteiger partial charge in [0, 0.05) is 11.1 Å². The Hall–Kier alpha value is -2.60. The molecule has 2 rings (SSSR count). The Morgan fingerprint density at radius 3 is 2.23 bits per heavy atom. The summed E-state index contributed by atoms with van der Waals surface area (Å²) in [6.45, 7) is 1.86. The van der Waals surface area contributed by atoms with E-state index in [1.165, 1.54) is 20.3 Å². The van der Waals surface area contributed by atoms with Crippen molar-refractivity contribution in [2.24, 2.45) is 0 Å². The molecular weight excluding hydrogens is 358 g/mol. The van der Waals surface area contributed by atoms with E-state index in [9.17, 15) is 4.79 Å². The van der Waals surface area contributed by atoms with Crippen molar-refractivity contribution >= 4 is 17.5 Å². The molecular formula is C19H22ClNO5. The largest absolute Gasteiger partial charge is 0.497 e. The highest BCUT2D eigenvalue weighted by molar-refractivity contribution is 6.32. The van der Waals surface area contributed by atoms with Crippen LogP contribution < -0.4 is 24.3 Å². The first-order valence-corrected chi connectivity index (χ1v) is 8.27. The summed E-state index contributed by atoms with van der Waals surface area (Å²) in [6.07, 6.45) is 0. The average Bonchev–Trinajstić information content (AvgIpc) is 2.66. The van der Waals surface area contributed by atoms with Crippen LogP contribution in [0.4, 0.5) is 0 Å². The van der Waals surface area contributed by atoms with E-state index in [0.29, 0.717) is 33.6 Å². The number of carbonyl (C=O) groups excluding carboxylic acids is 1. The molecule has 0 aliphatic heterocycles. The summed E-state index contributed by atoms with van der Waals surface area (Å²) in [7, 11) is 6.13. The Morgan fingerprint density at radius 2 is 1.65 bits per heavy atom. The highest BCUT2D eigenvalue weighted by Gasteiger charge is 2.19. The van der Waals surface area contributed by atoms with Gasteiger partial charge >= 0.3 is 0 Å². The molecule has 26 heavy (non-hydrogen) atoms. The summed E-state index contributed by atoms with van der Waals surface area (Å²) in [5.74, 6) is 1.80. The fraction of sp³-hybridized carbons (Fsp3) is 0.316. The molecule has 7 heteroatoms. The van der Waals surface area contributed by atoms with Crippen LogP contribution in [-0.4, -0.2) is 34.3 Å². The second kappa shape index (κ2) is 8.67. The van der Waals surface area contributed by atoms with Crippen molar-refractivity contribution in [3.8, 4) is 23.0 Å². The first-order valence-electron chi connectivity index (χ1n) is 7.89. The van der Waals surface area contributed by atoms with E-state index >= 15 is 0 Å². The maximum absolute atomic E-state index is 12.7. The number of rotatable bonds is 7. The van der Waals surface area contributed by atoms with E-state index in [0.717, 1.165) is 5.56 Å². The fourth-order valence-electron chi connectivity index (χ4n) is 2.58. The first kappa shape index (κ1) is 19.7. The van der Waals surface area contributed by atoms with Crippen LogP contribution in [0.3, 0.4) is 0 Å². The number of hydrogen-bond acceptors (Lipinski definition) is 5. The minimum atomic E-state index is -0.320. The average molecular weight is 380 g/mol. The molecule has 0 aliphatic carbocycles. The number of hydrogen-bond donors (Lipinski definition) is 1. The predicted octanol–water partition coefficient (Wildman–Crippen LogP) is 3.87. The number of amides is 1. The van der Waals surface area contributed by atoms with Gasteiger partial charge in [-0.1, -0.05) is 11.6 Å². The highest BCUT2D eigenvalue weighted by atomic mass is 35.5. The van der Waals surface area contributed by atoms with Crippen molar-refractivity contribution < 1.29 is 23.7 Å². The maximum Gasteiger partial charge on any atom is 0.251 e. The van der Waals surface area contributed by atoms with Crippen LogP contribution >= 0.6 is 11.6 Å². The topological polar surface area (TPSA) is 66.0 Å². The van der Waals surface area contributed by atoms with Crippen LogP contribution in [0.1, 0.15) is 28.9 Å². The highest BCUT2D eigenvalue weighted by Crippen LogP contribution is 2.36. The molecule has 1 atom stereocenters. The Morgan fingerprint density at radius 1 is 0.962 bits per heavy atom. The van der Waals surface area contributed by atoms with Gasteiger partial charge in [0.2, 0.25) is 0 Å². The second-order valence-corrected chi connectivity index (χ2v) is 5.90. The van der Waals surface area contributed by atoms with E-state index in [1.807, 2.05) is 13.0 Å². The summed E-state index contributed by atoms with van der Waals surface area (Å²) in [5.41, 5.74) is 1.16. The third-order valence-electron chi connectivity index (χ3n) is 3.95. The number of methoxy groups -OCH3 is 4. The van der Waals surface area contributed by atoms with Crippen molar-refractivity contribution in [3.05, 3.63) is 46.5 Å². The minimum Gasteiger partial charge on any atom is -0.497 e. The summed E-state index contributed by atoms with van der Waals surface area (Å²) in [5, 5.41) is 3.22. The van der Waals surface area contributed by atoms with Gasteiger partial charge < -0.3 is 24.3 Å². The van der Waals surface area contributed by atoms with Gasteiger partial charge in [-0.05, 0) is 37.3 Å². The second-order valence-electron chi connectivity index (χ2n) is 5.50. The number of halogens is 1. The molecule has 1 N–H and O–H groups in total. The van der Waals surface area contributed by atoms with E-state index in [1.54, 1.807) is 32.4 Å². The number of carbonyl (C=O) groups is 1. The lowest BCUT2D eigenvalue weighted by Gasteiger charge is -2.19. The SMILES string of the molecule is COc1ccc(OC)c([C@H](C)NC(=O)c2cc(Cl)c(OC)c(OC)c2)c1. The number of ether oxygens (including phenoxy) is 4. The molecule has 0 heterocycles. The zero-order chi connectivity index (χ0) is 19.3. The molecule has 0 fully saturated rings. The van der Waals surface area contributed by atoms with E-state index in [4.69, 9.17) is 30.5 Å². The summed E-state index contributed by atoms with van der Waals surface area (Å²) in [6, 6.07) is 8.21. The lowest BCUT2D eigenvalue weighted by atomic mass is 10.1. The predicted molar refractivity (Wildman–Crippen MR) is 100.0 cm³/mol. The van der Waals surface area contributed by atoms with Crippen LogP contribution in [0.2, 0.25) is 5.02 Å². The lowest BCUT2D eigenvalue weighted by molar-refractivity contribution is 0.0939. The van der Waals surface area contributed by atoms with Gasteiger partial charge in [0.1, 0.15) is 11.5 Å². The normalized spacial score (nSPS) is 11.5. The molecule has 2 aromatic rings. The Bertz CT molecular complexity index is 794. The molecule has 0 radical (unpaired) electrons. The van der Waals surface area contributed by atoms with Crippen molar-refractivity contribution in [2.75, 3.05) is 28.4 Å². The van der Waals surface area contributed by atoms with E-state index in [2.05, 4.69) is 5.32 Å². The van der Waals surface area contributed by atoms with Gasteiger partial charge in [-0.15, -0.1) is 0 Å². The molecule has 1 amide bonds. The lowest BCUT2D eigenvalue weighted by Crippen LogP contribution is -2.27. The van der Waals surface area contributed by atoms with Crippen LogP contribution in [-0.2, 0) is 0 Å². The summed E-state index contributed by atoms with van der Waals surface area (Å²) >= 11 is 6.18. The van der Waals surface area contributed by atoms with Gasteiger partial charge in [-0.2, -0.15) is 0 Å². The minimum absolute atomic E-state index is 0.295. The maximum atomic E-state index is 12.7. The molecule has 0 spiro atoms. The van der Waals surface area contributed by atoms with Crippen molar-refractivity contribution in [3.63, 3.8) is 0 Å². The molecule has 140 valence electrons. The van der Waals surface area contributed by atoms with Crippen LogP contribution in [0.25, 0.3) is 0 Å². The van der Waals surface area contributed by atoms with Crippen LogP contribution in [0, 0.1) is 0 Å². The summed E-state index contributed by atoms with van der Waals surface area (Å²) < 4.78 is 21.1. The van der Waals surface area contributed by atoms with Crippen LogP contribution in [0.15, 0.2) is 30.3 Å². The zero-order valence-electron chi connectivity index (χ0n) is 15.4. The van der Waals surface area contributed by atoms with Gasteiger partial charge in [0.25, 0.3) is 5.91 Å². The first-order chi connectivity index (χ1) is 12.4. The fourth-order valence-corrected chi connectivity index (χ4v) is 2.87. The zero-order valence-corrected chi connectivity index (χ0v) is 16.1. The van der Waals surface area contributed by atoms with Gasteiger partial charge in [0.05, 0.1) is 39.5 Å². The monoisotopic (exact) mass is 379 g/mol. The Balaban J connectivity index is 2.29. The quantitative estimate of drug-likeness (QED) is 0.791. The smallest absolute Gasteiger partial charge is 0.251 e. The van der Waals surface area contributed by atoms with E-state index in [-0.39, 0.29) is 11.9 Å². The van der Waals surface area contributed by atoms with Gasteiger partial charge in [-0.25, -0.2) is 0 Å². The van der Waals surface area contributed by atoms with Crippen molar-refractivity contribution in [2.45, 2.75) is 13.0 Å².